The lowest BCUT2D eigenvalue weighted by Gasteiger charge is -2.32. The average Bonchev–Trinajstić information content (AvgIpc) is 2.79. The summed E-state index contributed by atoms with van der Waals surface area (Å²) in [6.45, 7) is 4.52. The largest absolute Gasteiger partial charge is 0.382 e. The average molecular weight is 454 g/mol. The number of benzene rings is 1. The van der Waals surface area contributed by atoms with Gasteiger partial charge in [-0.25, -0.2) is 12.7 Å². The highest BCUT2D eigenvalue weighted by Gasteiger charge is 2.27. The van der Waals surface area contributed by atoms with E-state index in [9.17, 15) is 13.2 Å². The van der Waals surface area contributed by atoms with Crippen LogP contribution < -0.4 is 10.6 Å². The molecule has 0 radical (unpaired) electrons. The van der Waals surface area contributed by atoms with Crippen LogP contribution in [0.3, 0.4) is 0 Å². The lowest BCUT2D eigenvalue weighted by atomic mass is 10.0. The van der Waals surface area contributed by atoms with Crippen molar-refractivity contribution in [3.05, 3.63) is 60.2 Å². The van der Waals surface area contributed by atoms with Crippen molar-refractivity contribution in [3.8, 4) is 0 Å². The van der Waals surface area contributed by atoms with Crippen molar-refractivity contribution >= 4 is 38.1 Å². The number of aryl methyl sites for hydroxylation is 1. The molecule has 168 valence electrons. The summed E-state index contributed by atoms with van der Waals surface area (Å²) >= 11 is 0. The number of hydrogen-bond donors (Lipinski definition) is 2. The van der Waals surface area contributed by atoms with Gasteiger partial charge in [0.25, 0.3) is 5.91 Å². The first-order valence-electron chi connectivity index (χ1n) is 10.7. The number of nitrogens with one attached hydrogen (secondary N) is 2. The number of nitrogens with zero attached hydrogens (tertiary/aromatic N) is 3. The number of piperidine rings is 1. The molecule has 1 aromatic carbocycles. The maximum atomic E-state index is 12.7. The quantitative estimate of drug-likeness (QED) is 0.593. The highest BCUT2D eigenvalue weighted by molar-refractivity contribution is 7.89. The molecule has 9 heteroatoms. The van der Waals surface area contributed by atoms with Crippen molar-refractivity contribution in [1.29, 1.82) is 0 Å². The topological polar surface area (TPSA) is 104 Å². The summed E-state index contributed by atoms with van der Waals surface area (Å²) in [6, 6.07) is 9.30. The van der Waals surface area contributed by atoms with Crippen molar-refractivity contribution in [3.63, 3.8) is 0 Å². The molecule has 8 nitrogen and oxygen atoms in total. The molecule has 1 aliphatic heterocycles. The third-order valence-electron chi connectivity index (χ3n) is 5.74. The SMILES string of the molecule is CCS(=O)(=O)N1CCC(Nc2cc(NC(=O)c3ccnc(C)c3)cc3ccncc23)CC1. The molecule has 0 saturated carbocycles. The first kappa shape index (κ1) is 22.2. The molecule has 0 aliphatic carbocycles. The second kappa shape index (κ2) is 9.22. The van der Waals surface area contributed by atoms with Crippen LogP contribution in [0.2, 0.25) is 0 Å². The summed E-state index contributed by atoms with van der Waals surface area (Å²) in [5, 5.41) is 8.44. The number of rotatable bonds is 6. The van der Waals surface area contributed by atoms with Crippen LogP contribution in [0.25, 0.3) is 10.8 Å². The Kier molecular flexibility index (Phi) is 6.38. The fourth-order valence-corrected chi connectivity index (χ4v) is 5.09. The van der Waals surface area contributed by atoms with Gasteiger partial charge >= 0.3 is 0 Å². The zero-order valence-corrected chi connectivity index (χ0v) is 19.0. The minimum Gasteiger partial charge on any atom is -0.382 e. The molecule has 32 heavy (non-hydrogen) atoms. The van der Waals surface area contributed by atoms with Gasteiger partial charge in [0.05, 0.1) is 5.75 Å². The van der Waals surface area contributed by atoms with E-state index in [1.165, 1.54) is 0 Å². The van der Waals surface area contributed by atoms with Gasteiger partial charge in [-0.1, -0.05) is 0 Å². The van der Waals surface area contributed by atoms with Crippen LogP contribution in [-0.4, -0.2) is 53.5 Å². The molecule has 1 fully saturated rings. The highest BCUT2D eigenvalue weighted by Crippen LogP contribution is 2.30. The van der Waals surface area contributed by atoms with Crippen LogP contribution in [0.4, 0.5) is 11.4 Å². The minimum atomic E-state index is -3.16. The summed E-state index contributed by atoms with van der Waals surface area (Å²) in [7, 11) is -3.16. The normalized spacial score (nSPS) is 15.6. The van der Waals surface area contributed by atoms with E-state index in [1.807, 2.05) is 25.1 Å². The molecule has 0 atom stereocenters. The molecule has 3 heterocycles. The predicted octanol–water partition coefficient (Wildman–Crippen LogP) is 3.42. The van der Waals surface area contributed by atoms with E-state index >= 15 is 0 Å². The highest BCUT2D eigenvalue weighted by atomic mass is 32.2. The van der Waals surface area contributed by atoms with Gasteiger partial charge in [0.1, 0.15) is 0 Å². The van der Waals surface area contributed by atoms with Crippen LogP contribution in [0, 0.1) is 6.92 Å². The van der Waals surface area contributed by atoms with E-state index in [0.29, 0.717) is 37.2 Å². The van der Waals surface area contributed by atoms with E-state index in [-0.39, 0.29) is 17.7 Å². The zero-order chi connectivity index (χ0) is 22.7. The molecular weight excluding hydrogens is 426 g/mol. The molecule has 1 amide bonds. The number of sulfonamides is 1. The van der Waals surface area contributed by atoms with Crippen molar-refractivity contribution in [1.82, 2.24) is 14.3 Å². The molecule has 1 saturated heterocycles. The maximum Gasteiger partial charge on any atom is 0.255 e. The molecule has 0 bridgehead atoms. The van der Waals surface area contributed by atoms with Crippen LogP contribution in [0.1, 0.15) is 35.8 Å². The van der Waals surface area contributed by atoms with Gasteiger partial charge in [0.2, 0.25) is 10.0 Å². The zero-order valence-electron chi connectivity index (χ0n) is 18.2. The Balaban J connectivity index is 1.55. The molecule has 0 spiro atoms. The molecule has 1 aliphatic rings. The fourth-order valence-electron chi connectivity index (χ4n) is 3.96. The monoisotopic (exact) mass is 453 g/mol. The van der Waals surface area contributed by atoms with Crippen molar-refractivity contribution in [2.24, 2.45) is 0 Å². The van der Waals surface area contributed by atoms with Gasteiger partial charge in [-0.15, -0.1) is 0 Å². The summed E-state index contributed by atoms with van der Waals surface area (Å²) in [4.78, 5) is 21.1. The molecule has 3 aromatic rings. The van der Waals surface area contributed by atoms with Gasteiger partial charge in [0, 0.05) is 65.7 Å². The second-order valence-corrected chi connectivity index (χ2v) is 10.2. The fraction of sp³-hybridized carbons (Fsp3) is 0.348. The second-order valence-electron chi connectivity index (χ2n) is 7.98. The third kappa shape index (κ3) is 4.89. The van der Waals surface area contributed by atoms with Crippen molar-refractivity contribution in [2.75, 3.05) is 29.5 Å². The third-order valence-corrected chi connectivity index (χ3v) is 7.63. The minimum absolute atomic E-state index is 0.125. The number of fused-ring (bicyclic) bond motifs is 1. The van der Waals surface area contributed by atoms with Crippen molar-refractivity contribution in [2.45, 2.75) is 32.7 Å². The summed E-state index contributed by atoms with van der Waals surface area (Å²) in [6.07, 6.45) is 6.57. The number of carbonyl (C=O) groups excluding carboxylic acids is 1. The van der Waals surface area contributed by atoms with E-state index < -0.39 is 10.0 Å². The summed E-state index contributed by atoms with van der Waals surface area (Å²) < 4.78 is 25.8. The smallest absolute Gasteiger partial charge is 0.255 e. The number of pyridine rings is 2. The molecule has 2 aromatic heterocycles. The Morgan fingerprint density at radius 1 is 1.16 bits per heavy atom. The van der Waals surface area contributed by atoms with E-state index in [1.54, 1.807) is 42.0 Å². The predicted molar refractivity (Wildman–Crippen MR) is 126 cm³/mol. The van der Waals surface area contributed by atoms with Crippen LogP contribution in [0.5, 0.6) is 0 Å². The van der Waals surface area contributed by atoms with Gasteiger partial charge < -0.3 is 10.6 Å². The van der Waals surface area contributed by atoms with Crippen LogP contribution in [0.15, 0.2) is 48.9 Å². The standard InChI is InChI=1S/C23H27N5O3S/c1-3-32(30,31)28-10-6-19(7-11-28)26-22-14-20(13-17-4-8-24-15-21(17)22)27-23(29)18-5-9-25-16(2)12-18/h4-5,8-9,12-15,19,26H,3,6-7,10-11H2,1-2H3,(H,27,29). The van der Waals surface area contributed by atoms with Gasteiger partial charge in [-0.3, -0.25) is 14.8 Å². The number of anilines is 2. The van der Waals surface area contributed by atoms with E-state index in [4.69, 9.17) is 0 Å². The molecule has 0 unspecified atom stereocenters. The number of carbonyl (C=O) groups is 1. The lowest BCUT2D eigenvalue weighted by Crippen LogP contribution is -2.42. The first-order chi connectivity index (χ1) is 15.4. The van der Waals surface area contributed by atoms with E-state index in [2.05, 4.69) is 20.6 Å². The number of aromatic nitrogens is 2. The Hall–Kier alpha value is -3.04. The van der Waals surface area contributed by atoms with Crippen molar-refractivity contribution < 1.29 is 13.2 Å². The van der Waals surface area contributed by atoms with Crippen LogP contribution in [-0.2, 0) is 10.0 Å². The Bertz CT molecular complexity index is 1240. The lowest BCUT2D eigenvalue weighted by molar-refractivity contribution is 0.102. The summed E-state index contributed by atoms with van der Waals surface area (Å²) in [5.74, 6) is -0.0758. The summed E-state index contributed by atoms with van der Waals surface area (Å²) in [5.41, 5.74) is 2.87. The molecular formula is C23H27N5O3S. The van der Waals surface area contributed by atoms with E-state index in [0.717, 1.165) is 22.2 Å². The Labute approximate surface area is 188 Å². The first-order valence-corrected chi connectivity index (χ1v) is 12.3. The van der Waals surface area contributed by atoms with Gasteiger partial charge in [-0.2, -0.15) is 0 Å². The molecule has 2 N–H and O–H groups in total. The van der Waals surface area contributed by atoms with Crippen LogP contribution >= 0.6 is 0 Å². The maximum absolute atomic E-state index is 12.7. The molecule has 4 rings (SSSR count). The number of hydrogen-bond acceptors (Lipinski definition) is 6. The Morgan fingerprint density at radius 2 is 1.94 bits per heavy atom. The Morgan fingerprint density at radius 3 is 2.66 bits per heavy atom. The van der Waals surface area contributed by atoms with Gasteiger partial charge in [0.15, 0.2) is 0 Å². The number of amides is 1. The van der Waals surface area contributed by atoms with Gasteiger partial charge in [-0.05, 0) is 62.4 Å².